The molecule has 0 radical (unpaired) electrons. The van der Waals surface area contributed by atoms with Gasteiger partial charge in [-0.3, -0.25) is 4.79 Å². The van der Waals surface area contributed by atoms with Crippen LogP contribution in [-0.2, 0) is 14.3 Å². The number of hydrogen-bond donors (Lipinski definition) is 1. The van der Waals surface area contributed by atoms with E-state index in [1.165, 1.54) is 6.42 Å². The van der Waals surface area contributed by atoms with Gasteiger partial charge < -0.3 is 15.4 Å². The van der Waals surface area contributed by atoms with Crippen molar-refractivity contribution in [2.24, 2.45) is 5.73 Å². The van der Waals surface area contributed by atoms with Crippen molar-refractivity contribution in [3.63, 3.8) is 0 Å². The Kier molecular flexibility index (Phi) is 5.93. The van der Waals surface area contributed by atoms with Crippen LogP contribution in [0.3, 0.4) is 0 Å². The summed E-state index contributed by atoms with van der Waals surface area (Å²) in [4.78, 5) is 26.3. The predicted molar refractivity (Wildman–Crippen MR) is 84.1 cm³/mol. The molecule has 0 bridgehead atoms. The lowest BCUT2D eigenvalue weighted by molar-refractivity contribution is -0.154. The number of nitrogens with two attached hydrogens (primary N) is 1. The fourth-order valence-electron chi connectivity index (χ4n) is 3.17. The van der Waals surface area contributed by atoms with Crippen molar-refractivity contribution in [2.45, 2.75) is 57.0 Å². The summed E-state index contributed by atoms with van der Waals surface area (Å²) in [5, 5.41) is 0. The molecule has 1 heterocycles. The summed E-state index contributed by atoms with van der Waals surface area (Å²) in [6, 6.07) is -0.441. The summed E-state index contributed by atoms with van der Waals surface area (Å²) in [6.45, 7) is 2.75. The van der Waals surface area contributed by atoms with Crippen LogP contribution in [0.4, 0.5) is 0 Å². The highest BCUT2D eigenvalue weighted by Crippen LogP contribution is 2.30. The predicted octanol–water partition coefficient (Wildman–Crippen LogP) is 1.55. The second kappa shape index (κ2) is 7.49. The van der Waals surface area contributed by atoms with Crippen molar-refractivity contribution in [3.8, 4) is 0 Å². The summed E-state index contributed by atoms with van der Waals surface area (Å²) in [5.41, 5.74) is 6.00. The molecular weight excluding hydrogens is 288 g/mol. The quantitative estimate of drug-likeness (QED) is 0.797. The Morgan fingerprint density at radius 2 is 2.05 bits per heavy atom. The Labute approximate surface area is 130 Å². The lowest BCUT2D eigenvalue weighted by atomic mass is 9.80. The normalized spacial score (nSPS) is 25.4. The third-order valence-corrected chi connectivity index (χ3v) is 5.38. The molecular formula is C15H26N2O3S. The number of esters is 1. The number of carbonyl (C=O) groups excluding carboxylic acids is 2. The average Bonchev–Trinajstić information content (AvgIpc) is 2.47. The molecule has 2 rings (SSSR count). The summed E-state index contributed by atoms with van der Waals surface area (Å²) in [5.74, 6) is 1.23. The van der Waals surface area contributed by atoms with E-state index in [0.717, 1.165) is 31.4 Å². The minimum Gasteiger partial charge on any atom is -0.464 e. The maximum atomic E-state index is 12.6. The molecule has 1 saturated carbocycles. The first-order valence-corrected chi connectivity index (χ1v) is 9.04. The molecule has 0 aromatic rings. The van der Waals surface area contributed by atoms with Crippen molar-refractivity contribution >= 4 is 23.6 Å². The zero-order valence-electron chi connectivity index (χ0n) is 12.8. The standard InChI is InChI=1S/C15H26N2O3S/c1-2-20-14(19)12-11-21-9-8-17(12)13(18)10-15(16)6-4-3-5-7-15/h12H,2-11,16H2,1H3. The molecule has 1 atom stereocenters. The van der Waals surface area contributed by atoms with Crippen LogP contribution in [0, 0.1) is 0 Å². The van der Waals surface area contributed by atoms with E-state index < -0.39 is 6.04 Å². The van der Waals surface area contributed by atoms with Gasteiger partial charge in [-0.1, -0.05) is 19.3 Å². The fourth-order valence-corrected chi connectivity index (χ4v) is 4.20. The number of hydrogen-bond acceptors (Lipinski definition) is 5. The monoisotopic (exact) mass is 314 g/mol. The molecule has 5 nitrogen and oxygen atoms in total. The van der Waals surface area contributed by atoms with E-state index in [1.807, 2.05) is 0 Å². The number of nitrogens with zero attached hydrogens (tertiary/aromatic N) is 1. The van der Waals surface area contributed by atoms with Crippen LogP contribution in [-0.4, -0.2) is 53.0 Å². The number of carbonyl (C=O) groups is 2. The van der Waals surface area contributed by atoms with Gasteiger partial charge in [0.25, 0.3) is 0 Å². The molecule has 0 aromatic carbocycles. The highest BCUT2D eigenvalue weighted by atomic mass is 32.2. The molecule has 6 heteroatoms. The third kappa shape index (κ3) is 4.36. The van der Waals surface area contributed by atoms with E-state index in [9.17, 15) is 9.59 Å². The summed E-state index contributed by atoms with van der Waals surface area (Å²) in [6.07, 6.45) is 5.57. The van der Waals surface area contributed by atoms with Crippen molar-refractivity contribution in [1.29, 1.82) is 0 Å². The average molecular weight is 314 g/mol. The lowest BCUT2D eigenvalue weighted by Gasteiger charge is -2.38. The maximum Gasteiger partial charge on any atom is 0.329 e. The highest BCUT2D eigenvalue weighted by Gasteiger charge is 2.37. The minimum absolute atomic E-state index is 0.0118. The van der Waals surface area contributed by atoms with Gasteiger partial charge in [0.15, 0.2) is 0 Å². The Morgan fingerprint density at radius 3 is 2.71 bits per heavy atom. The SMILES string of the molecule is CCOC(=O)C1CSCCN1C(=O)CC1(N)CCCCC1. The molecule has 2 N–H and O–H groups in total. The van der Waals surface area contributed by atoms with Crippen LogP contribution >= 0.6 is 11.8 Å². The molecule has 0 aromatic heterocycles. The Bertz CT molecular complexity index is 383. The van der Waals surface area contributed by atoms with E-state index in [2.05, 4.69) is 0 Å². The largest absolute Gasteiger partial charge is 0.464 e. The lowest BCUT2D eigenvalue weighted by Crippen LogP contribution is -2.54. The Hall–Kier alpha value is -0.750. The fraction of sp³-hybridized carbons (Fsp3) is 0.867. The molecule has 1 saturated heterocycles. The van der Waals surface area contributed by atoms with Crippen LogP contribution in [0.5, 0.6) is 0 Å². The van der Waals surface area contributed by atoms with Gasteiger partial charge in [-0.2, -0.15) is 11.8 Å². The zero-order valence-corrected chi connectivity index (χ0v) is 13.6. The second-order valence-corrected chi connectivity index (χ2v) is 7.18. The van der Waals surface area contributed by atoms with Gasteiger partial charge in [-0.25, -0.2) is 4.79 Å². The van der Waals surface area contributed by atoms with E-state index in [1.54, 1.807) is 23.6 Å². The summed E-state index contributed by atoms with van der Waals surface area (Å²) in [7, 11) is 0. The van der Waals surface area contributed by atoms with Gasteiger partial charge >= 0.3 is 5.97 Å². The Balaban J connectivity index is 1.99. The molecule has 2 aliphatic rings. The van der Waals surface area contributed by atoms with E-state index in [0.29, 0.717) is 25.3 Å². The van der Waals surface area contributed by atoms with Crippen LogP contribution in [0.25, 0.3) is 0 Å². The smallest absolute Gasteiger partial charge is 0.329 e. The number of thioether (sulfide) groups is 1. The third-order valence-electron chi connectivity index (χ3n) is 4.36. The highest BCUT2D eigenvalue weighted by molar-refractivity contribution is 7.99. The van der Waals surface area contributed by atoms with Gasteiger partial charge in [0.05, 0.1) is 6.61 Å². The summed E-state index contributed by atoms with van der Waals surface area (Å²) < 4.78 is 5.10. The topological polar surface area (TPSA) is 72.6 Å². The molecule has 120 valence electrons. The van der Waals surface area contributed by atoms with Gasteiger partial charge in [0, 0.05) is 30.0 Å². The molecule has 1 aliphatic heterocycles. The van der Waals surface area contributed by atoms with Crippen molar-refractivity contribution in [1.82, 2.24) is 4.90 Å². The number of ether oxygens (including phenoxy) is 1. The molecule has 1 unspecified atom stereocenters. The van der Waals surface area contributed by atoms with E-state index in [-0.39, 0.29) is 17.4 Å². The molecule has 0 spiro atoms. The summed E-state index contributed by atoms with van der Waals surface area (Å²) >= 11 is 1.70. The van der Waals surface area contributed by atoms with Crippen LogP contribution < -0.4 is 5.73 Å². The number of rotatable bonds is 4. The van der Waals surface area contributed by atoms with Crippen molar-refractivity contribution in [2.75, 3.05) is 24.7 Å². The second-order valence-electron chi connectivity index (χ2n) is 6.03. The Morgan fingerprint density at radius 1 is 1.33 bits per heavy atom. The zero-order chi connectivity index (χ0) is 15.3. The molecule has 1 aliphatic carbocycles. The first-order valence-electron chi connectivity index (χ1n) is 7.88. The van der Waals surface area contributed by atoms with E-state index >= 15 is 0 Å². The first kappa shape index (κ1) is 16.6. The van der Waals surface area contributed by atoms with Crippen molar-refractivity contribution < 1.29 is 14.3 Å². The molecule has 2 fully saturated rings. The first-order chi connectivity index (χ1) is 10.1. The number of amides is 1. The van der Waals surface area contributed by atoms with Crippen LogP contribution in [0.2, 0.25) is 0 Å². The minimum atomic E-state index is -0.441. The molecule has 1 amide bonds. The van der Waals surface area contributed by atoms with Crippen molar-refractivity contribution in [3.05, 3.63) is 0 Å². The van der Waals surface area contributed by atoms with Crippen LogP contribution in [0.15, 0.2) is 0 Å². The maximum absolute atomic E-state index is 12.6. The van der Waals surface area contributed by atoms with Gasteiger partial charge in [0.2, 0.25) is 5.91 Å². The van der Waals surface area contributed by atoms with Gasteiger partial charge in [-0.05, 0) is 19.8 Å². The van der Waals surface area contributed by atoms with Gasteiger partial charge in [0.1, 0.15) is 6.04 Å². The molecule has 21 heavy (non-hydrogen) atoms. The van der Waals surface area contributed by atoms with Gasteiger partial charge in [-0.15, -0.1) is 0 Å². The van der Waals surface area contributed by atoms with E-state index in [4.69, 9.17) is 10.5 Å². The van der Waals surface area contributed by atoms with Crippen LogP contribution in [0.1, 0.15) is 45.4 Å².